The van der Waals surface area contributed by atoms with Crippen LogP contribution in [0.4, 0.5) is 4.39 Å². The van der Waals surface area contributed by atoms with Crippen molar-refractivity contribution in [2.75, 3.05) is 13.1 Å². The van der Waals surface area contributed by atoms with Crippen LogP contribution in [0.15, 0.2) is 53.4 Å². The Bertz CT molecular complexity index is 869. The van der Waals surface area contributed by atoms with Crippen LogP contribution in [0.1, 0.15) is 42.1 Å². The van der Waals surface area contributed by atoms with Crippen LogP contribution in [0.3, 0.4) is 0 Å². The van der Waals surface area contributed by atoms with Gasteiger partial charge in [-0.25, -0.2) is 17.5 Å². The molecular formula is C20H25FN2O3S. The number of benzene rings is 2. The molecule has 0 radical (unpaired) electrons. The third-order valence-corrected chi connectivity index (χ3v) is 5.58. The summed E-state index contributed by atoms with van der Waals surface area (Å²) in [5.41, 5.74) is 0.769. The molecule has 0 fully saturated rings. The van der Waals surface area contributed by atoms with E-state index in [1.807, 2.05) is 6.92 Å². The lowest BCUT2D eigenvalue weighted by Gasteiger charge is -2.09. The van der Waals surface area contributed by atoms with Crippen molar-refractivity contribution >= 4 is 15.9 Å². The highest BCUT2D eigenvalue weighted by atomic mass is 32.2. The van der Waals surface area contributed by atoms with Gasteiger partial charge in [0.2, 0.25) is 10.0 Å². The lowest BCUT2D eigenvalue weighted by Crippen LogP contribution is -2.27. The number of hydrogen-bond donors (Lipinski definition) is 2. The van der Waals surface area contributed by atoms with Crippen LogP contribution in [-0.2, 0) is 16.4 Å². The second-order valence-corrected chi connectivity index (χ2v) is 8.00. The molecular weight excluding hydrogens is 367 g/mol. The van der Waals surface area contributed by atoms with Gasteiger partial charge in [0.25, 0.3) is 5.91 Å². The van der Waals surface area contributed by atoms with Gasteiger partial charge in [-0.05, 0) is 42.7 Å². The maximum Gasteiger partial charge on any atom is 0.251 e. The summed E-state index contributed by atoms with van der Waals surface area (Å²) in [5.74, 6) is -0.705. The number of unbranched alkanes of at least 4 members (excludes halogenated alkanes) is 2. The summed E-state index contributed by atoms with van der Waals surface area (Å²) in [5, 5.41) is 2.69. The zero-order chi connectivity index (χ0) is 19.7. The van der Waals surface area contributed by atoms with Crippen LogP contribution in [-0.4, -0.2) is 27.4 Å². The molecule has 2 aromatic carbocycles. The summed E-state index contributed by atoms with van der Waals surface area (Å²) >= 11 is 0. The van der Waals surface area contributed by atoms with Gasteiger partial charge in [0.05, 0.1) is 4.90 Å². The summed E-state index contributed by atoms with van der Waals surface area (Å²) < 4.78 is 40.8. The van der Waals surface area contributed by atoms with Gasteiger partial charge in [0.15, 0.2) is 0 Å². The molecule has 0 aliphatic carbocycles. The normalized spacial score (nSPS) is 11.3. The molecule has 0 aromatic heterocycles. The monoisotopic (exact) mass is 392 g/mol. The van der Waals surface area contributed by atoms with E-state index in [2.05, 4.69) is 10.0 Å². The Kier molecular flexibility index (Phi) is 7.94. The first-order chi connectivity index (χ1) is 12.9. The van der Waals surface area contributed by atoms with Gasteiger partial charge in [-0.2, -0.15) is 0 Å². The van der Waals surface area contributed by atoms with E-state index in [-0.39, 0.29) is 22.8 Å². The predicted octanol–water partition coefficient (Wildman–Crippen LogP) is 3.27. The molecule has 0 aliphatic rings. The van der Waals surface area contributed by atoms with Gasteiger partial charge < -0.3 is 5.32 Å². The van der Waals surface area contributed by atoms with Gasteiger partial charge in [-0.1, -0.05) is 44.0 Å². The second kappa shape index (κ2) is 10.2. The van der Waals surface area contributed by atoms with Gasteiger partial charge in [0.1, 0.15) is 5.82 Å². The van der Waals surface area contributed by atoms with Crippen molar-refractivity contribution < 1.29 is 17.6 Å². The highest BCUT2D eigenvalue weighted by Gasteiger charge is 2.15. The van der Waals surface area contributed by atoms with E-state index in [4.69, 9.17) is 0 Å². The van der Waals surface area contributed by atoms with E-state index in [9.17, 15) is 17.6 Å². The summed E-state index contributed by atoms with van der Waals surface area (Å²) in [7, 11) is -3.65. The lowest BCUT2D eigenvalue weighted by molar-refractivity contribution is 0.0954. The molecule has 0 heterocycles. The standard InChI is InChI=1S/C20H25FN2O3S/c1-2-3-6-13-23-27(25,26)18-10-7-9-17(15-18)20(24)22-14-12-16-8-4-5-11-19(16)21/h4-5,7-11,15,23H,2-3,6,12-14H2,1H3,(H,22,24). The quantitative estimate of drug-likeness (QED) is 0.610. The molecule has 5 nitrogen and oxygen atoms in total. The Morgan fingerprint density at radius 2 is 1.81 bits per heavy atom. The summed E-state index contributed by atoms with van der Waals surface area (Å²) in [4.78, 5) is 12.3. The lowest BCUT2D eigenvalue weighted by atomic mass is 10.1. The van der Waals surface area contributed by atoms with Gasteiger partial charge in [-0.3, -0.25) is 4.79 Å². The zero-order valence-corrected chi connectivity index (χ0v) is 16.2. The highest BCUT2D eigenvalue weighted by molar-refractivity contribution is 7.89. The van der Waals surface area contributed by atoms with Crippen molar-refractivity contribution in [3.63, 3.8) is 0 Å². The van der Waals surface area contributed by atoms with E-state index < -0.39 is 15.9 Å². The third kappa shape index (κ3) is 6.45. The van der Waals surface area contributed by atoms with Crippen molar-refractivity contribution in [1.29, 1.82) is 0 Å². The van der Waals surface area contributed by atoms with E-state index in [0.717, 1.165) is 19.3 Å². The molecule has 0 spiro atoms. The Balaban J connectivity index is 1.95. The van der Waals surface area contributed by atoms with E-state index >= 15 is 0 Å². The molecule has 0 atom stereocenters. The maximum atomic E-state index is 13.6. The van der Waals surface area contributed by atoms with E-state index in [1.54, 1.807) is 24.3 Å². The van der Waals surface area contributed by atoms with Crippen LogP contribution in [0.5, 0.6) is 0 Å². The number of carbonyl (C=O) groups is 1. The largest absolute Gasteiger partial charge is 0.352 e. The number of nitrogens with one attached hydrogen (secondary N) is 2. The van der Waals surface area contributed by atoms with Gasteiger partial charge in [0, 0.05) is 18.7 Å². The third-order valence-electron chi connectivity index (χ3n) is 4.12. The minimum Gasteiger partial charge on any atom is -0.352 e. The summed E-state index contributed by atoms with van der Waals surface area (Å²) in [6.45, 7) is 2.67. The molecule has 0 saturated carbocycles. The fourth-order valence-electron chi connectivity index (χ4n) is 2.58. The molecule has 0 unspecified atom stereocenters. The zero-order valence-electron chi connectivity index (χ0n) is 15.4. The number of sulfonamides is 1. The number of amides is 1. The molecule has 0 saturated heterocycles. The first kappa shape index (κ1) is 21.1. The average Bonchev–Trinajstić information content (AvgIpc) is 2.67. The molecule has 146 valence electrons. The molecule has 7 heteroatoms. The fourth-order valence-corrected chi connectivity index (χ4v) is 3.70. The smallest absolute Gasteiger partial charge is 0.251 e. The topological polar surface area (TPSA) is 75.3 Å². The Hall–Kier alpha value is -2.25. The highest BCUT2D eigenvalue weighted by Crippen LogP contribution is 2.12. The minimum absolute atomic E-state index is 0.0563. The SMILES string of the molecule is CCCCCNS(=O)(=O)c1cccc(C(=O)NCCc2ccccc2F)c1. The summed E-state index contributed by atoms with van der Waals surface area (Å²) in [6.07, 6.45) is 3.08. The first-order valence-corrected chi connectivity index (χ1v) is 10.5. The fraction of sp³-hybridized carbons (Fsp3) is 0.350. The van der Waals surface area contributed by atoms with Crippen molar-refractivity contribution in [2.24, 2.45) is 0 Å². The molecule has 27 heavy (non-hydrogen) atoms. The number of rotatable bonds is 10. The Morgan fingerprint density at radius 1 is 1.04 bits per heavy atom. The number of carbonyl (C=O) groups excluding carboxylic acids is 1. The minimum atomic E-state index is -3.65. The molecule has 0 bridgehead atoms. The number of hydrogen-bond acceptors (Lipinski definition) is 3. The van der Waals surface area contributed by atoms with Crippen LogP contribution in [0.2, 0.25) is 0 Å². The molecule has 2 N–H and O–H groups in total. The van der Waals surface area contributed by atoms with E-state index in [1.165, 1.54) is 24.3 Å². The molecule has 2 aromatic rings. The Labute approximate surface area is 160 Å². The van der Waals surface area contributed by atoms with Crippen LogP contribution in [0.25, 0.3) is 0 Å². The molecule has 0 aliphatic heterocycles. The average molecular weight is 392 g/mol. The predicted molar refractivity (Wildman–Crippen MR) is 104 cm³/mol. The molecule has 2 rings (SSSR count). The van der Waals surface area contributed by atoms with Crippen LogP contribution in [0, 0.1) is 5.82 Å². The van der Waals surface area contributed by atoms with Crippen molar-refractivity contribution in [3.8, 4) is 0 Å². The second-order valence-electron chi connectivity index (χ2n) is 6.23. The van der Waals surface area contributed by atoms with Crippen molar-refractivity contribution in [1.82, 2.24) is 10.0 Å². The van der Waals surface area contributed by atoms with Gasteiger partial charge in [-0.15, -0.1) is 0 Å². The van der Waals surface area contributed by atoms with Crippen molar-refractivity contribution in [2.45, 2.75) is 37.5 Å². The molecule has 1 amide bonds. The van der Waals surface area contributed by atoms with Gasteiger partial charge >= 0.3 is 0 Å². The Morgan fingerprint density at radius 3 is 2.56 bits per heavy atom. The number of halogens is 1. The summed E-state index contributed by atoms with van der Waals surface area (Å²) in [6, 6.07) is 12.3. The maximum absolute atomic E-state index is 13.6. The van der Waals surface area contributed by atoms with Crippen molar-refractivity contribution in [3.05, 3.63) is 65.5 Å². The van der Waals surface area contributed by atoms with Crippen LogP contribution >= 0.6 is 0 Å². The van der Waals surface area contributed by atoms with E-state index in [0.29, 0.717) is 18.5 Å². The first-order valence-electron chi connectivity index (χ1n) is 9.05. The van der Waals surface area contributed by atoms with Crippen LogP contribution < -0.4 is 10.0 Å².